The Labute approximate surface area is 176 Å². The van der Waals surface area contributed by atoms with Crippen LogP contribution < -0.4 is 9.64 Å². The van der Waals surface area contributed by atoms with Crippen LogP contribution in [0.2, 0.25) is 10.0 Å². The minimum atomic E-state index is -4.50. The molecule has 0 aliphatic carbocycles. The number of hydrogen-bond donors (Lipinski definition) is 0. The van der Waals surface area contributed by atoms with Crippen LogP contribution in [0.25, 0.3) is 0 Å². The molecule has 1 aliphatic heterocycles. The van der Waals surface area contributed by atoms with Crippen LogP contribution in [0.5, 0.6) is 5.75 Å². The predicted octanol–water partition coefficient (Wildman–Crippen LogP) is 4.52. The molecule has 0 spiro atoms. The number of halogens is 5. The Balaban J connectivity index is 1.58. The van der Waals surface area contributed by atoms with Crippen molar-refractivity contribution in [3.63, 3.8) is 0 Å². The summed E-state index contributed by atoms with van der Waals surface area (Å²) in [7, 11) is 0. The first-order valence-corrected chi connectivity index (χ1v) is 9.59. The summed E-state index contributed by atoms with van der Waals surface area (Å²) in [6.07, 6.45) is -4.42. The lowest BCUT2D eigenvalue weighted by Crippen LogP contribution is -2.52. The Hall–Kier alpha value is -2.19. The Kier molecular flexibility index (Phi) is 6.43. The molecule has 0 bridgehead atoms. The molecule has 2 heterocycles. The molecule has 1 unspecified atom stereocenters. The molecule has 1 atom stereocenters. The van der Waals surface area contributed by atoms with Gasteiger partial charge in [0.1, 0.15) is 11.6 Å². The van der Waals surface area contributed by atoms with Gasteiger partial charge in [-0.05, 0) is 37.3 Å². The standard InChI is InChI=1S/C19H18Cl2F3N3O2/c1-12(29-15-4-2-14(20)3-5-15)18(28)27-8-6-26(7-9-27)17-16(21)10-13(11-25-17)19(22,23)24/h2-5,10-12H,6-9H2,1H3. The molecule has 10 heteroatoms. The van der Waals surface area contributed by atoms with Crippen LogP contribution in [0.15, 0.2) is 36.5 Å². The molecule has 0 N–H and O–H groups in total. The Morgan fingerprint density at radius 2 is 1.76 bits per heavy atom. The summed E-state index contributed by atoms with van der Waals surface area (Å²) < 4.78 is 43.9. The summed E-state index contributed by atoms with van der Waals surface area (Å²) in [6.45, 7) is 3.23. The molecule has 1 fully saturated rings. The lowest BCUT2D eigenvalue weighted by molar-refractivity contribution is -0.138. The van der Waals surface area contributed by atoms with Crippen molar-refractivity contribution in [1.82, 2.24) is 9.88 Å². The van der Waals surface area contributed by atoms with Gasteiger partial charge in [-0.1, -0.05) is 23.2 Å². The molecule has 29 heavy (non-hydrogen) atoms. The normalized spacial score (nSPS) is 15.9. The zero-order chi connectivity index (χ0) is 21.2. The van der Waals surface area contributed by atoms with Crippen molar-refractivity contribution in [3.8, 4) is 5.75 Å². The number of alkyl halides is 3. The third-order valence-corrected chi connectivity index (χ3v) is 5.04. The number of carbonyl (C=O) groups excluding carboxylic acids is 1. The average molecular weight is 448 g/mol. The second kappa shape index (κ2) is 8.67. The Morgan fingerprint density at radius 1 is 1.14 bits per heavy atom. The average Bonchev–Trinajstić information content (AvgIpc) is 2.68. The molecular weight excluding hydrogens is 430 g/mol. The molecule has 0 saturated carbocycles. The van der Waals surface area contributed by atoms with Crippen LogP contribution in [0.4, 0.5) is 19.0 Å². The first-order chi connectivity index (χ1) is 13.6. The van der Waals surface area contributed by atoms with Gasteiger partial charge < -0.3 is 14.5 Å². The van der Waals surface area contributed by atoms with Crippen molar-refractivity contribution in [2.45, 2.75) is 19.2 Å². The van der Waals surface area contributed by atoms with Crippen molar-refractivity contribution >= 4 is 34.9 Å². The Bertz CT molecular complexity index is 870. The summed E-state index contributed by atoms with van der Waals surface area (Å²) in [4.78, 5) is 19.9. The third kappa shape index (κ3) is 5.25. The Morgan fingerprint density at radius 3 is 2.31 bits per heavy atom. The van der Waals surface area contributed by atoms with Crippen LogP contribution in [0, 0.1) is 0 Å². The van der Waals surface area contributed by atoms with E-state index in [0.29, 0.717) is 37.0 Å². The third-order valence-electron chi connectivity index (χ3n) is 4.51. The molecule has 1 aliphatic rings. The summed E-state index contributed by atoms with van der Waals surface area (Å²) in [5, 5.41) is 0.502. The zero-order valence-electron chi connectivity index (χ0n) is 15.4. The van der Waals surface area contributed by atoms with Gasteiger partial charge >= 0.3 is 6.18 Å². The quantitative estimate of drug-likeness (QED) is 0.690. The highest BCUT2D eigenvalue weighted by atomic mass is 35.5. The van der Waals surface area contributed by atoms with E-state index in [-0.39, 0.29) is 16.7 Å². The van der Waals surface area contributed by atoms with Crippen molar-refractivity contribution in [1.29, 1.82) is 0 Å². The van der Waals surface area contributed by atoms with Gasteiger partial charge in [0.15, 0.2) is 6.10 Å². The number of piperazine rings is 1. The number of pyridine rings is 1. The number of anilines is 1. The fourth-order valence-electron chi connectivity index (χ4n) is 2.98. The van der Waals surface area contributed by atoms with Gasteiger partial charge in [0.2, 0.25) is 0 Å². The maximum absolute atomic E-state index is 12.8. The summed E-state index contributed by atoms with van der Waals surface area (Å²) >= 11 is 11.8. The highest BCUT2D eigenvalue weighted by molar-refractivity contribution is 6.33. The maximum Gasteiger partial charge on any atom is 0.417 e. The smallest absolute Gasteiger partial charge is 0.417 e. The van der Waals surface area contributed by atoms with E-state index in [1.165, 1.54) is 0 Å². The molecule has 5 nitrogen and oxygen atoms in total. The highest BCUT2D eigenvalue weighted by Gasteiger charge is 2.33. The second-order valence-electron chi connectivity index (χ2n) is 6.55. The van der Waals surface area contributed by atoms with Gasteiger partial charge in [0, 0.05) is 37.4 Å². The van der Waals surface area contributed by atoms with E-state index in [2.05, 4.69) is 4.98 Å². The topological polar surface area (TPSA) is 45.7 Å². The largest absolute Gasteiger partial charge is 0.481 e. The van der Waals surface area contributed by atoms with Gasteiger partial charge in [0.25, 0.3) is 5.91 Å². The van der Waals surface area contributed by atoms with Crippen LogP contribution in [-0.2, 0) is 11.0 Å². The van der Waals surface area contributed by atoms with Gasteiger partial charge in [-0.2, -0.15) is 13.2 Å². The SMILES string of the molecule is CC(Oc1ccc(Cl)cc1)C(=O)N1CCN(c2ncc(C(F)(F)F)cc2Cl)CC1. The lowest BCUT2D eigenvalue weighted by atomic mass is 10.2. The number of benzene rings is 1. The summed E-state index contributed by atoms with van der Waals surface area (Å²) in [6, 6.07) is 7.58. The monoisotopic (exact) mass is 447 g/mol. The van der Waals surface area contributed by atoms with Crippen LogP contribution >= 0.6 is 23.2 Å². The van der Waals surface area contributed by atoms with Crippen molar-refractivity contribution in [3.05, 3.63) is 52.1 Å². The van der Waals surface area contributed by atoms with E-state index in [9.17, 15) is 18.0 Å². The number of hydrogen-bond acceptors (Lipinski definition) is 4. The number of rotatable bonds is 4. The number of carbonyl (C=O) groups is 1. The van der Waals surface area contributed by atoms with Crippen LogP contribution in [0.1, 0.15) is 12.5 Å². The number of nitrogens with zero attached hydrogens (tertiary/aromatic N) is 3. The molecule has 1 aromatic heterocycles. The van der Waals surface area contributed by atoms with E-state index in [0.717, 1.165) is 12.3 Å². The molecule has 0 radical (unpaired) electrons. The molecular formula is C19H18Cl2F3N3O2. The van der Waals surface area contributed by atoms with Gasteiger partial charge in [0.05, 0.1) is 10.6 Å². The molecule has 2 aromatic rings. The summed E-state index contributed by atoms with van der Waals surface area (Å²) in [5.41, 5.74) is -0.895. The second-order valence-corrected chi connectivity index (χ2v) is 7.40. The fourth-order valence-corrected chi connectivity index (χ4v) is 3.39. The number of aromatic nitrogens is 1. The first-order valence-electron chi connectivity index (χ1n) is 8.84. The lowest BCUT2D eigenvalue weighted by Gasteiger charge is -2.36. The predicted molar refractivity (Wildman–Crippen MR) is 105 cm³/mol. The maximum atomic E-state index is 12.8. The number of amides is 1. The molecule has 3 rings (SSSR count). The van der Waals surface area contributed by atoms with Gasteiger partial charge in [-0.15, -0.1) is 0 Å². The molecule has 1 saturated heterocycles. The van der Waals surface area contributed by atoms with Crippen molar-refractivity contribution in [2.24, 2.45) is 0 Å². The fraction of sp³-hybridized carbons (Fsp3) is 0.368. The van der Waals surface area contributed by atoms with E-state index in [1.54, 1.807) is 41.0 Å². The first kappa shape index (κ1) is 21.5. The van der Waals surface area contributed by atoms with E-state index in [4.69, 9.17) is 27.9 Å². The van der Waals surface area contributed by atoms with E-state index < -0.39 is 17.8 Å². The van der Waals surface area contributed by atoms with Gasteiger partial charge in [-0.3, -0.25) is 4.79 Å². The van der Waals surface area contributed by atoms with E-state index in [1.807, 2.05) is 0 Å². The highest BCUT2D eigenvalue weighted by Crippen LogP contribution is 2.33. The summed E-state index contributed by atoms with van der Waals surface area (Å²) in [5.74, 6) is 0.637. The minimum absolute atomic E-state index is 0.0703. The van der Waals surface area contributed by atoms with E-state index >= 15 is 0 Å². The van der Waals surface area contributed by atoms with Crippen molar-refractivity contribution in [2.75, 3.05) is 31.1 Å². The van der Waals surface area contributed by atoms with Crippen LogP contribution in [-0.4, -0.2) is 48.1 Å². The van der Waals surface area contributed by atoms with Gasteiger partial charge in [-0.25, -0.2) is 4.98 Å². The minimum Gasteiger partial charge on any atom is -0.481 e. The zero-order valence-corrected chi connectivity index (χ0v) is 16.9. The van der Waals surface area contributed by atoms with Crippen LogP contribution in [0.3, 0.4) is 0 Å². The van der Waals surface area contributed by atoms with Crippen molar-refractivity contribution < 1.29 is 22.7 Å². The molecule has 1 aromatic carbocycles. The molecule has 156 valence electrons. The molecule has 1 amide bonds. The number of ether oxygens (including phenoxy) is 1.